The normalized spacial score (nSPS) is 10.8. The highest BCUT2D eigenvalue weighted by Gasteiger charge is 2.10. The first kappa shape index (κ1) is 17.9. The maximum Gasteiger partial charge on any atom is 0.347 e. The van der Waals surface area contributed by atoms with Crippen LogP contribution < -0.4 is 10.9 Å². The van der Waals surface area contributed by atoms with Crippen LogP contribution in [-0.2, 0) is 11.2 Å². The first-order valence-electron chi connectivity index (χ1n) is 8.64. The Morgan fingerprint density at radius 3 is 2.46 bits per heavy atom. The molecule has 0 fully saturated rings. The largest absolute Gasteiger partial charge is 0.403 e. The number of nitrogens with zero attached hydrogens (tertiary/aromatic N) is 1. The molecule has 0 unspecified atom stereocenters. The minimum atomic E-state index is -0.433. The van der Waals surface area contributed by atoms with Crippen LogP contribution in [0.2, 0.25) is 5.02 Å². The van der Waals surface area contributed by atoms with Crippen molar-refractivity contribution in [3.63, 3.8) is 0 Å². The highest BCUT2D eigenvalue weighted by atomic mass is 35.5. The van der Waals surface area contributed by atoms with Gasteiger partial charge in [-0.25, -0.2) is 9.78 Å². The lowest BCUT2D eigenvalue weighted by Gasteiger charge is -2.07. The van der Waals surface area contributed by atoms with Crippen LogP contribution in [0.15, 0.2) is 82.0 Å². The molecule has 0 aliphatic heterocycles. The molecule has 0 saturated heterocycles. The SMILES string of the molecule is O=C(Cc1ccccc1Cl)Nc1ccc(-c2nc3ccccc3c(=O)o2)cc1. The highest BCUT2D eigenvalue weighted by molar-refractivity contribution is 6.31. The molecule has 1 heterocycles. The van der Waals surface area contributed by atoms with Gasteiger partial charge in [-0.1, -0.05) is 41.9 Å². The van der Waals surface area contributed by atoms with E-state index in [1.165, 1.54) is 0 Å². The van der Waals surface area contributed by atoms with Crippen LogP contribution in [0.4, 0.5) is 5.69 Å². The third-order valence-corrected chi connectivity index (χ3v) is 4.63. The van der Waals surface area contributed by atoms with Gasteiger partial charge in [0, 0.05) is 16.3 Å². The summed E-state index contributed by atoms with van der Waals surface area (Å²) in [5, 5.41) is 3.83. The van der Waals surface area contributed by atoms with Gasteiger partial charge in [-0.15, -0.1) is 0 Å². The van der Waals surface area contributed by atoms with Gasteiger partial charge >= 0.3 is 5.63 Å². The number of para-hydroxylation sites is 1. The number of hydrogen-bond donors (Lipinski definition) is 1. The first-order valence-corrected chi connectivity index (χ1v) is 9.01. The van der Waals surface area contributed by atoms with E-state index in [0.717, 1.165) is 5.56 Å². The Labute approximate surface area is 165 Å². The number of carbonyl (C=O) groups is 1. The summed E-state index contributed by atoms with van der Waals surface area (Å²) in [6.45, 7) is 0. The Hall–Kier alpha value is -3.44. The molecule has 138 valence electrons. The van der Waals surface area contributed by atoms with E-state index in [4.69, 9.17) is 16.0 Å². The quantitative estimate of drug-likeness (QED) is 0.548. The number of halogens is 1. The summed E-state index contributed by atoms with van der Waals surface area (Å²) in [7, 11) is 0. The molecule has 0 aliphatic rings. The molecule has 4 rings (SSSR count). The van der Waals surface area contributed by atoms with Gasteiger partial charge in [0.1, 0.15) is 0 Å². The minimum Gasteiger partial charge on any atom is -0.403 e. The molecule has 1 amide bonds. The Balaban J connectivity index is 1.52. The minimum absolute atomic E-state index is 0.170. The predicted molar refractivity (Wildman–Crippen MR) is 110 cm³/mol. The number of benzene rings is 3. The van der Waals surface area contributed by atoms with Crippen molar-refractivity contribution in [2.45, 2.75) is 6.42 Å². The van der Waals surface area contributed by atoms with Crippen molar-refractivity contribution in [3.05, 3.63) is 93.8 Å². The topological polar surface area (TPSA) is 72.2 Å². The van der Waals surface area contributed by atoms with E-state index in [1.54, 1.807) is 48.5 Å². The third kappa shape index (κ3) is 3.80. The van der Waals surface area contributed by atoms with Crippen LogP contribution >= 0.6 is 11.6 Å². The van der Waals surface area contributed by atoms with E-state index in [0.29, 0.717) is 27.2 Å². The van der Waals surface area contributed by atoms with Crippen LogP contribution in [-0.4, -0.2) is 10.9 Å². The third-order valence-electron chi connectivity index (χ3n) is 4.26. The van der Waals surface area contributed by atoms with Crippen molar-refractivity contribution >= 4 is 34.1 Å². The molecule has 0 atom stereocenters. The number of nitrogens with one attached hydrogen (secondary N) is 1. The summed E-state index contributed by atoms with van der Waals surface area (Å²) in [6, 6.07) is 21.2. The van der Waals surface area contributed by atoms with Crippen LogP contribution in [0.5, 0.6) is 0 Å². The zero-order valence-electron chi connectivity index (χ0n) is 14.7. The average molecular weight is 391 g/mol. The average Bonchev–Trinajstić information content (AvgIpc) is 2.70. The fourth-order valence-corrected chi connectivity index (χ4v) is 3.06. The summed E-state index contributed by atoms with van der Waals surface area (Å²) in [5.74, 6) is 0.0638. The van der Waals surface area contributed by atoms with Gasteiger partial charge in [0.15, 0.2) is 0 Å². The zero-order valence-corrected chi connectivity index (χ0v) is 15.4. The van der Waals surface area contributed by atoms with Gasteiger partial charge in [0.25, 0.3) is 0 Å². The summed E-state index contributed by atoms with van der Waals surface area (Å²) in [6.07, 6.45) is 0.183. The second-order valence-corrected chi connectivity index (χ2v) is 6.62. The summed E-state index contributed by atoms with van der Waals surface area (Å²) in [4.78, 5) is 28.7. The summed E-state index contributed by atoms with van der Waals surface area (Å²) < 4.78 is 5.32. The van der Waals surface area contributed by atoms with Crippen LogP contribution in [0.1, 0.15) is 5.56 Å². The molecule has 0 saturated carbocycles. The van der Waals surface area contributed by atoms with E-state index in [-0.39, 0.29) is 18.2 Å². The standard InChI is InChI=1S/C22H15ClN2O3/c23-18-7-3-1-5-15(18)13-20(26)24-16-11-9-14(10-12-16)21-25-19-8-4-2-6-17(19)22(27)28-21/h1-12H,13H2,(H,24,26). The molecule has 0 aliphatic carbocycles. The van der Waals surface area contributed by atoms with E-state index >= 15 is 0 Å². The van der Waals surface area contributed by atoms with Crippen molar-refractivity contribution < 1.29 is 9.21 Å². The number of carbonyl (C=O) groups excluding carboxylic acids is 1. The molecule has 1 aromatic heterocycles. The fraction of sp³-hybridized carbons (Fsp3) is 0.0455. The van der Waals surface area contributed by atoms with Gasteiger partial charge in [-0.2, -0.15) is 0 Å². The molecule has 0 bridgehead atoms. The lowest BCUT2D eigenvalue weighted by atomic mass is 10.1. The van der Waals surface area contributed by atoms with E-state index < -0.39 is 5.63 Å². The molecule has 1 N–H and O–H groups in total. The van der Waals surface area contributed by atoms with Gasteiger partial charge < -0.3 is 9.73 Å². The summed E-state index contributed by atoms with van der Waals surface area (Å²) >= 11 is 6.09. The molecule has 28 heavy (non-hydrogen) atoms. The Kier molecular flexibility index (Phi) is 4.91. The molecule has 4 aromatic rings. The van der Waals surface area contributed by atoms with E-state index in [1.807, 2.05) is 24.3 Å². The molecule has 0 spiro atoms. The van der Waals surface area contributed by atoms with Crippen LogP contribution in [0, 0.1) is 0 Å². The maximum atomic E-state index is 12.2. The number of amides is 1. The smallest absolute Gasteiger partial charge is 0.347 e. The Bertz CT molecular complexity index is 1220. The van der Waals surface area contributed by atoms with E-state index in [9.17, 15) is 9.59 Å². The Morgan fingerprint density at radius 2 is 1.68 bits per heavy atom. The number of hydrogen-bond acceptors (Lipinski definition) is 4. The van der Waals surface area contributed by atoms with Gasteiger partial charge in [0.05, 0.1) is 17.3 Å². The van der Waals surface area contributed by atoms with Crippen LogP contribution in [0.25, 0.3) is 22.4 Å². The predicted octanol–water partition coefficient (Wildman–Crippen LogP) is 4.69. The molecule has 5 nitrogen and oxygen atoms in total. The monoisotopic (exact) mass is 390 g/mol. The highest BCUT2D eigenvalue weighted by Crippen LogP contribution is 2.21. The lowest BCUT2D eigenvalue weighted by Crippen LogP contribution is -2.14. The summed E-state index contributed by atoms with van der Waals surface area (Å²) in [5.41, 5.74) is 2.18. The maximum absolute atomic E-state index is 12.2. The molecule has 6 heteroatoms. The molecule has 3 aromatic carbocycles. The Morgan fingerprint density at radius 1 is 0.964 bits per heavy atom. The molecular formula is C22H15ClN2O3. The van der Waals surface area contributed by atoms with Gasteiger partial charge in [0.2, 0.25) is 11.8 Å². The second kappa shape index (κ2) is 7.66. The van der Waals surface area contributed by atoms with Gasteiger partial charge in [-0.05, 0) is 48.0 Å². The van der Waals surface area contributed by atoms with Gasteiger partial charge in [-0.3, -0.25) is 4.79 Å². The number of rotatable bonds is 4. The van der Waals surface area contributed by atoms with Crippen molar-refractivity contribution in [1.29, 1.82) is 0 Å². The molecule has 0 radical (unpaired) electrons. The van der Waals surface area contributed by atoms with Crippen molar-refractivity contribution in [2.75, 3.05) is 5.32 Å². The first-order chi connectivity index (χ1) is 13.6. The second-order valence-electron chi connectivity index (χ2n) is 6.22. The van der Waals surface area contributed by atoms with Crippen molar-refractivity contribution in [3.8, 4) is 11.5 Å². The van der Waals surface area contributed by atoms with E-state index in [2.05, 4.69) is 10.3 Å². The molecular weight excluding hydrogens is 376 g/mol. The number of anilines is 1. The number of aromatic nitrogens is 1. The van der Waals surface area contributed by atoms with Crippen LogP contribution in [0.3, 0.4) is 0 Å². The number of fused-ring (bicyclic) bond motifs is 1. The fourth-order valence-electron chi connectivity index (χ4n) is 2.86. The lowest BCUT2D eigenvalue weighted by molar-refractivity contribution is -0.115. The van der Waals surface area contributed by atoms with Crippen molar-refractivity contribution in [2.24, 2.45) is 0 Å². The van der Waals surface area contributed by atoms with Crippen molar-refractivity contribution in [1.82, 2.24) is 4.98 Å². The zero-order chi connectivity index (χ0) is 19.5.